The summed E-state index contributed by atoms with van der Waals surface area (Å²) in [7, 11) is 2.07. The lowest BCUT2D eigenvalue weighted by atomic mass is 10.1. The maximum absolute atomic E-state index is 8.80. The predicted molar refractivity (Wildman–Crippen MR) is 63.1 cm³/mol. The molecule has 2 nitrogen and oxygen atoms in total. The monoisotopic (exact) mass is 203 g/mol. The normalized spacial score (nSPS) is 11.1. The highest BCUT2D eigenvalue weighted by molar-refractivity contribution is 5.84. The molecular weight excluding hydrogens is 186 g/mol. The molecule has 0 amide bonds. The number of benzene rings is 1. The minimum Gasteiger partial charge on any atom is -0.396 e. The van der Waals surface area contributed by atoms with Crippen molar-refractivity contribution in [1.82, 2.24) is 4.57 Å². The van der Waals surface area contributed by atoms with Gasteiger partial charge in [-0.2, -0.15) is 0 Å². The maximum atomic E-state index is 8.80. The molecule has 0 radical (unpaired) electrons. The molecule has 1 aromatic carbocycles. The first-order valence-corrected chi connectivity index (χ1v) is 5.38. The molecule has 0 aliphatic carbocycles. The van der Waals surface area contributed by atoms with Crippen LogP contribution in [0.15, 0.2) is 24.4 Å². The topological polar surface area (TPSA) is 25.2 Å². The molecule has 0 saturated heterocycles. The van der Waals surface area contributed by atoms with Crippen LogP contribution < -0.4 is 0 Å². The number of aliphatic hydroxyl groups excluding tert-OH is 1. The Morgan fingerprint density at radius 2 is 2.13 bits per heavy atom. The second-order valence-electron chi connectivity index (χ2n) is 4.10. The second-order valence-corrected chi connectivity index (χ2v) is 4.10. The molecule has 0 fully saturated rings. The molecule has 0 aliphatic rings. The third-order valence-electron chi connectivity index (χ3n) is 2.88. The molecule has 80 valence electrons. The molecule has 1 aromatic heterocycles. The standard InChI is InChI=1S/C13H17NO/c1-10-9-14(2)13-6-5-11(4-3-7-15)8-12(10)13/h5-6,8-9,15H,3-4,7H2,1-2H3. The third kappa shape index (κ3) is 1.90. The molecule has 0 saturated carbocycles. The van der Waals surface area contributed by atoms with Gasteiger partial charge in [-0.25, -0.2) is 0 Å². The summed E-state index contributed by atoms with van der Waals surface area (Å²) in [5, 5.41) is 10.1. The van der Waals surface area contributed by atoms with Gasteiger partial charge in [-0.3, -0.25) is 0 Å². The molecule has 15 heavy (non-hydrogen) atoms. The van der Waals surface area contributed by atoms with Crippen LogP contribution in [0.3, 0.4) is 0 Å². The Morgan fingerprint density at radius 3 is 2.87 bits per heavy atom. The molecule has 0 unspecified atom stereocenters. The Balaban J connectivity index is 2.41. The van der Waals surface area contributed by atoms with Gasteiger partial charge in [0.2, 0.25) is 0 Å². The zero-order valence-corrected chi connectivity index (χ0v) is 9.33. The van der Waals surface area contributed by atoms with E-state index in [1.807, 2.05) is 0 Å². The summed E-state index contributed by atoms with van der Waals surface area (Å²) >= 11 is 0. The van der Waals surface area contributed by atoms with E-state index in [4.69, 9.17) is 5.11 Å². The fourth-order valence-corrected chi connectivity index (χ4v) is 2.07. The number of aryl methyl sites for hydroxylation is 3. The van der Waals surface area contributed by atoms with Gasteiger partial charge in [0.05, 0.1) is 0 Å². The molecule has 1 N–H and O–H groups in total. The Labute approximate surface area is 90.2 Å². The highest BCUT2D eigenvalue weighted by Crippen LogP contribution is 2.21. The maximum Gasteiger partial charge on any atom is 0.0480 e. The van der Waals surface area contributed by atoms with Crippen molar-refractivity contribution in [3.05, 3.63) is 35.5 Å². The smallest absolute Gasteiger partial charge is 0.0480 e. The van der Waals surface area contributed by atoms with E-state index in [1.165, 1.54) is 22.0 Å². The van der Waals surface area contributed by atoms with Gasteiger partial charge in [0.15, 0.2) is 0 Å². The Morgan fingerprint density at radius 1 is 1.33 bits per heavy atom. The SMILES string of the molecule is Cc1cn(C)c2ccc(CCCO)cc12. The van der Waals surface area contributed by atoms with Gasteiger partial charge < -0.3 is 9.67 Å². The summed E-state index contributed by atoms with van der Waals surface area (Å²) in [6.45, 7) is 2.41. The van der Waals surface area contributed by atoms with Crippen LogP contribution in [0.2, 0.25) is 0 Å². The summed E-state index contributed by atoms with van der Waals surface area (Å²) in [6, 6.07) is 6.55. The summed E-state index contributed by atoms with van der Waals surface area (Å²) in [4.78, 5) is 0. The van der Waals surface area contributed by atoms with Crippen LogP contribution >= 0.6 is 0 Å². The van der Waals surface area contributed by atoms with Crippen molar-refractivity contribution in [3.8, 4) is 0 Å². The molecular formula is C13H17NO. The quantitative estimate of drug-likeness (QED) is 0.814. The lowest BCUT2D eigenvalue weighted by Crippen LogP contribution is -1.90. The Kier molecular flexibility index (Phi) is 2.78. The third-order valence-corrected chi connectivity index (χ3v) is 2.88. The van der Waals surface area contributed by atoms with E-state index in [9.17, 15) is 0 Å². The summed E-state index contributed by atoms with van der Waals surface area (Å²) in [5.74, 6) is 0. The first-order valence-electron chi connectivity index (χ1n) is 5.38. The number of nitrogens with zero attached hydrogens (tertiary/aromatic N) is 1. The average molecular weight is 203 g/mol. The first-order chi connectivity index (χ1) is 7.22. The highest BCUT2D eigenvalue weighted by atomic mass is 16.2. The van der Waals surface area contributed by atoms with Crippen molar-refractivity contribution in [2.75, 3.05) is 6.61 Å². The van der Waals surface area contributed by atoms with E-state index in [-0.39, 0.29) is 6.61 Å². The fraction of sp³-hybridized carbons (Fsp3) is 0.385. The zero-order chi connectivity index (χ0) is 10.8. The summed E-state index contributed by atoms with van der Waals surface area (Å²) < 4.78 is 2.15. The van der Waals surface area contributed by atoms with Crippen molar-refractivity contribution >= 4 is 10.9 Å². The highest BCUT2D eigenvalue weighted by Gasteiger charge is 2.03. The van der Waals surface area contributed by atoms with Crippen LogP contribution in [0, 0.1) is 6.92 Å². The molecule has 2 aromatic rings. The lowest BCUT2D eigenvalue weighted by molar-refractivity contribution is 0.288. The van der Waals surface area contributed by atoms with Crippen LogP contribution in [-0.4, -0.2) is 16.3 Å². The van der Waals surface area contributed by atoms with Gasteiger partial charge in [-0.15, -0.1) is 0 Å². The van der Waals surface area contributed by atoms with Crippen LogP contribution in [0.4, 0.5) is 0 Å². The average Bonchev–Trinajstić information content (AvgIpc) is 2.52. The van der Waals surface area contributed by atoms with E-state index in [0.717, 1.165) is 12.8 Å². The predicted octanol–water partition coefficient (Wildman–Crippen LogP) is 2.41. The van der Waals surface area contributed by atoms with Crippen molar-refractivity contribution in [2.24, 2.45) is 7.05 Å². The molecule has 0 bridgehead atoms. The number of hydrogen-bond acceptors (Lipinski definition) is 1. The Hall–Kier alpha value is -1.28. The number of rotatable bonds is 3. The second kappa shape index (κ2) is 4.07. The van der Waals surface area contributed by atoms with Crippen LogP contribution in [0.1, 0.15) is 17.5 Å². The number of fused-ring (bicyclic) bond motifs is 1. The lowest BCUT2D eigenvalue weighted by Gasteiger charge is -2.01. The van der Waals surface area contributed by atoms with E-state index in [0.29, 0.717) is 0 Å². The van der Waals surface area contributed by atoms with Crippen LogP contribution in [-0.2, 0) is 13.5 Å². The largest absolute Gasteiger partial charge is 0.396 e. The fourth-order valence-electron chi connectivity index (χ4n) is 2.07. The molecule has 2 rings (SSSR count). The number of aliphatic hydroxyl groups is 1. The molecule has 0 spiro atoms. The van der Waals surface area contributed by atoms with Gasteiger partial charge in [0.25, 0.3) is 0 Å². The minimum absolute atomic E-state index is 0.270. The van der Waals surface area contributed by atoms with Crippen LogP contribution in [0.25, 0.3) is 10.9 Å². The molecule has 1 heterocycles. The van der Waals surface area contributed by atoms with E-state index >= 15 is 0 Å². The van der Waals surface area contributed by atoms with Gasteiger partial charge in [-0.05, 0) is 43.0 Å². The van der Waals surface area contributed by atoms with Gasteiger partial charge >= 0.3 is 0 Å². The van der Waals surface area contributed by atoms with Gasteiger partial charge in [-0.1, -0.05) is 6.07 Å². The van der Waals surface area contributed by atoms with Gasteiger partial charge in [0.1, 0.15) is 0 Å². The van der Waals surface area contributed by atoms with E-state index in [1.54, 1.807) is 0 Å². The van der Waals surface area contributed by atoms with Crippen molar-refractivity contribution in [3.63, 3.8) is 0 Å². The summed E-state index contributed by atoms with van der Waals surface area (Å²) in [5.41, 5.74) is 3.91. The number of hydrogen-bond donors (Lipinski definition) is 1. The van der Waals surface area contributed by atoms with Crippen molar-refractivity contribution < 1.29 is 5.11 Å². The Bertz CT molecular complexity index is 471. The van der Waals surface area contributed by atoms with Gasteiger partial charge in [0, 0.05) is 30.8 Å². The summed E-state index contributed by atoms with van der Waals surface area (Å²) in [6.07, 6.45) is 3.96. The van der Waals surface area contributed by atoms with E-state index < -0.39 is 0 Å². The molecule has 0 atom stereocenters. The molecule has 0 aliphatic heterocycles. The van der Waals surface area contributed by atoms with Crippen LogP contribution in [0.5, 0.6) is 0 Å². The minimum atomic E-state index is 0.270. The van der Waals surface area contributed by atoms with Crippen molar-refractivity contribution in [2.45, 2.75) is 19.8 Å². The van der Waals surface area contributed by atoms with Crippen molar-refractivity contribution in [1.29, 1.82) is 0 Å². The zero-order valence-electron chi connectivity index (χ0n) is 9.33. The number of aromatic nitrogens is 1. The van der Waals surface area contributed by atoms with E-state index in [2.05, 4.69) is 42.9 Å². The first kappa shape index (κ1) is 10.2. The molecule has 2 heteroatoms.